The molecule has 2 N–H and O–H groups in total. The van der Waals surface area contributed by atoms with Gasteiger partial charge >= 0.3 is 0 Å². The lowest BCUT2D eigenvalue weighted by atomic mass is 9.91. The van der Waals surface area contributed by atoms with Crippen molar-refractivity contribution in [1.29, 1.82) is 0 Å². The van der Waals surface area contributed by atoms with Gasteiger partial charge in [-0.15, -0.1) is 0 Å². The molecule has 0 unspecified atom stereocenters. The Kier molecular flexibility index (Phi) is 10.4. The van der Waals surface area contributed by atoms with E-state index < -0.39 is 6.04 Å². The average Bonchev–Trinajstić information content (AvgIpc) is 2.72. The highest BCUT2D eigenvalue weighted by molar-refractivity contribution is 7.99. The highest BCUT2D eigenvalue weighted by Crippen LogP contribution is 2.27. The summed E-state index contributed by atoms with van der Waals surface area (Å²) in [6.45, 7) is 4.46. The van der Waals surface area contributed by atoms with Gasteiger partial charge in [0.25, 0.3) is 0 Å². The van der Waals surface area contributed by atoms with Crippen molar-refractivity contribution in [3.05, 3.63) is 29.8 Å². The monoisotopic (exact) mass is 420 g/mol. The third-order valence-electron chi connectivity index (χ3n) is 5.23. The molecule has 1 fully saturated rings. The molecule has 6 heteroatoms. The van der Waals surface area contributed by atoms with Crippen LogP contribution in [0.5, 0.6) is 5.75 Å². The van der Waals surface area contributed by atoms with Crippen LogP contribution >= 0.6 is 11.8 Å². The van der Waals surface area contributed by atoms with Crippen molar-refractivity contribution >= 4 is 23.6 Å². The molecule has 0 spiro atoms. The second-order valence-electron chi connectivity index (χ2n) is 8.33. The van der Waals surface area contributed by atoms with Crippen molar-refractivity contribution in [3.63, 3.8) is 0 Å². The lowest BCUT2D eigenvalue weighted by Gasteiger charge is -2.23. The van der Waals surface area contributed by atoms with Crippen LogP contribution in [0.15, 0.2) is 24.3 Å². The number of nitrogens with one attached hydrogen (secondary N) is 2. The zero-order valence-corrected chi connectivity index (χ0v) is 18.9. The standard InChI is InChI=1S/C23H36N2O3S/c1-17(2)13-22(26)25-21(16-29-15-19-7-5-4-6-8-19)23(27)24-14-18-9-11-20(28-3)12-10-18/h9-12,17,19,21H,4-8,13-16H2,1-3H3,(H,24,27)(H,25,26)/t21-/m0/s1. The maximum Gasteiger partial charge on any atom is 0.243 e. The van der Waals surface area contributed by atoms with Crippen LogP contribution in [0.4, 0.5) is 0 Å². The van der Waals surface area contributed by atoms with Crippen molar-refractivity contribution in [2.75, 3.05) is 18.6 Å². The number of carbonyl (C=O) groups is 2. The van der Waals surface area contributed by atoms with Gasteiger partial charge in [-0.05, 0) is 48.1 Å². The van der Waals surface area contributed by atoms with Gasteiger partial charge in [0.15, 0.2) is 0 Å². The predicted molar refractivity (Wildman–Crippen MR) is 120 cm³/mol. The first-order chi connectivity index (χ1) is 14.0. The summed E-state index contributed by atoms with van der Waals surface area (Å²) in [7, 11) is 1.63. The summed E-state index contributed by atoms with van der Waals surface area (Å²) in [6.07, 6.45) is 7.02. The fourth-order valence-corrected chi connectivity index (χ4v) is 4.84. The first kappa shape index (κ1) is 23.6. The Labute approximate surface area is 179 Å². The van der Waals surface area contributed by atoms with Gasteiger partial charge in [0.1, 0.15) is 11.8 Å². The number of benzene rings is 1. The summed E-state index contributed by atoms with van der Waals surface area (Å²) in [5.41, 5.74) is 1.00. The van der Waals surface area contributed by atoms with E-state index >= 15 is 0 Å². The van der Waals surface area contributed by atoms with Gasteiger partial charge in [0.05, 0.1) is 7.11 Å². The van der Waals surface area contributed by atoms with Crippen molar-refractivity contribution in [2.45, 2.75) is 65.0 Å². The largest absolute Gasteiger partial charge is 0.497 e. The Morgan fingerprint density at radius 2 is 1.83 bits per heavy atom. The Morgan fingerprint density at radius 3 is 2.45 bits per heavy atom. The minimum atomic E-state index is -0.493. The molecule has 162 valence electrons. The topological polar surface area (TPSA) is 67.4 Å². The first-order valence-corrected chi connectivity index (χ1v) is 11.9. The number of amides is 2. The lowest BCUT2D eigenvalue weighted by molar-refractivity contribution is -0.128. The second kappa shape index (κ2) is 12.8. The molecular formula is C23H36N2O3S. The summed E-state index contributed by atoms with van der Waals surface area (Å²) < 4.78 is 5.16. The van der Waals surface area contributed by atoms with Gasteiger partial charge in [-0.1, -0.05) is 45.2 Å². The second-order valence-corrected chi connectivity index (χ2v) is 9.40. The normalized spacial score (nSPS) is 15.7. The smallest absolute Gasteiger partial charge is 0.243 e. The molecule has 1 aliphatic rings. The molecule has 0 aliphatic heterocycles. The molecule has 1 aromatic carbocycles. The molecule has 0 radical (unpaired) electrons. The van der Waals surface area contributed by atoms with Crippen molar-refractivity contribution in [3.8, 4) is 5.75 Å². The number of hydrogen-bond donors (Lipinski definition) is 2. The molecule has 5 nitrogen and oxygen atoms in total. The van der Waals surface area contributed by atoms with Crippen LogP contribution < -0.4 is 15.4 Å². The van der Waals surface area contributed by atoms with E-state index in [0.29, 0.717) is 18.7 Å². The molecule has 1 saturated carbocycles. The van der Waals surface area contributed by atoms with E-state index in [9.17, 15) is 9.59 Å². The van der Waals surface area contributed by atoms with E-state index in [1.807, 2.05) is 38.1 Å². The number of hydrogen-bond acceptors (Lipinski definition) is 4. The molecular weight excluding hydrogens is 384 g/mol. The Bertz CT molecular complexity index is 628. The Hall–Kier alpha value is -1.69. The van der Waals surface area contributed by atoms with Crippen molar-refractivity contribution in [2.24, 2.45) is 11.8 Å². The third kappa shape index (κ3) is 9.11. The highest BCUT2D eigenvalue weighted by atomic mass is 32.2. The number of thioether (sulfide) groups is 1. The van der Waals surface area contributed by atoms with Crippen LogP contribution in [-0.2, 0) is 16.1 Å². The van der Waals surface area contributed by atoms with Gasteiger partial charge in [-0.25, -0.2) is 0 Å². The molecule has 1 aliphatic carbocycles. The molecule has 0 saturated heterocycles. The molecule has 29 heavy (non-hydrogen) atoms. The fraction of sp³-hybridized carbons (Fsp3) is 0.652. The molecule has 0 bridgehead atoms. The van der Waals surface area contributed by atoms with Crippen molar-refractivity contribution < 1.29 is 14.3 Å². The van der Waals surface area contributed by atoms with Gasteiger partial charge in [0, 0.05) is 18.7 Å². The number of ether oxygens (including phenoxy) is 1. The van der Waals surface area contributed by atoms with Crippen LogP contribution in [0.1, 0.15) is 57.9 Å². The van der Waals surface area contributed by atoms with Gasteiger partial charge in [-0.3, -0.25) is 9.59 Å². The van der Waals surface area contributed by atoms with Crippen LogP contribution in [0.3, 0.4) is 0 Å². The Balaban J connectivity index is 1.86. The van der Waals surface area contributed by atoms with Crippen LogP contribution in [0, 0.1) is 11.8 Å². The van der Waals surface area contributed by atoms with Gasteiger partial charge < -0.3 is 15.4 Å². The lowest BCUT2D eigenvalue weighted by Crippen LogP contribution is -2.48. The van der Waals surface area contributed by atoms with E-state index in [-0.39, 0.29) is 17.7 Å². The summed E-state index contributed by atoms with van der Waals surface area (Å²) >= 11 is 1.79. The number of carbonyl (C=O) groups excluding carboxylic acids is 2. The first-order valence-electron chi connectivity index (χ1n) is 10.8. The van der Waals surface area contributed by atoms with Crippen LogP contribution in [-0.4, -0.2) is 36.5 Å². The number of rotatable bonds is 11. The summed E-state index contributed by atoms with van der Waals surface area (Å²) in [4.78, 5) is 25.0. The van der Waals surface area contributed by atoms with Gasteiger partial charge in [-0.2, -0.15) is 11.8 Å². The van der Waals surface area contributed by atoms with Crippen LogP contribution in [0.2, 0.25) is 0 Å². The van der Waals surface area contributed by atoms with Crippen LogP contribution in [0.25, 0.3) is 0 Å². The summed E-state index contributed by atoms with van der Waals surface area (Å²) in [5, 5.41) is 5.92. The molecule has 2 rings (SSSR count). The van der Waals surface area contributed by atoms with E-state index in [2.05, 4.69) is 10.6 Å². The SMILES string of the molecule is COc1ccc(CNC(=O)[C@H](CSCC2CCCCC2)NC(=O)CC(C)C)cc1. The molecule has 1 atom stereocenters. The molecule has 0 heterocycles. The van der Waals surface area contributed by atoms with E-state index in [1.165, 1.54) is 32.1 Å². The van der Waals surface area contributed by atoms with Gasteiger partial charge in [0.2, 0.25) is 11.8 Å². The fourth-order valence-electron chi connectivity index (χ4n) is 3.57. The summed E-state index contributed by atoms with van der Waals surface area (Å²) in [5.74, 6) is 3.34. The maximum atomic E-state index is 12.8. The Morgan fingerprint density at radius 1 is 1.14 bits per heavy atom. The third-order valence-corrected chi connectivity index (χ3v) is 6.51. The zero-order chi connectivity index (χ0) is 21.1. The average molecular weight is 421 g/mol. The van der Waals surface area contributed by atoms with E-state index in [4.69, 9.17) is 4.74 Å². The maximum absolute atomic E-state index is 12.8. The van der Waals surface area contributed by atoms with E-state index in [1.54, 1.807) is 18.9 Å². The minimum Gasteiger partial charge on any atom is -0.497 e. The summed E-state index contributed by atoms with van der Waals surface area (Å²) in [6, 6.07) is 7.13. The van der Waals surface area contributed by atoms with Crippen molar-refractivity contribution in [1.82, 2.24) is 10.6 Å². The zero-order valence-electron chi connectivity index (χ0n) is 18.0. The number of methoxy groups -OCH3 is 1. The minimum absolute atomic E-state index is 0.0529. The highest BCUT2D eigenvalue weighted by Gasteiger charge is 2.22. The molecule has 2 amide bonds. The quantitative estimate of drug-likeness (QED) is 0.564. The predicted octanol–water partition coefficient (Wildman–Crippen LogP) is 4.16. The van der Waals surface area contributed by atoms with E-state index in [0.717, 1.165) is 23.0 Å². The molecule has 1 aromatic rings. The molecule has 0 aromatic heterocycles.